The lowest BCUT2D eigenvalue weighted by molar-refractivity contribution is -0.162. The van der Waals surface area contributed by atoms with Gasteiger partial charge in [0.1, 0.15) is 11.6 Å². The van der Waals surface area contributed by atoms with E-state index in [4.69, 9.17) is 24.3 Å². The largest absolute Gasteiger partial charge is 0.438 e. The van der Waals surface area contributed by atoms with Crippen molar-refractivity contribution in [3.63, 3.8) is 0 Å². The highest BCUT2D eigenvalue weighted by Crippen LogP contribution is 2.47. The molecule has 39 heavy (non-hydrogen) atoms. The molecule has 220 valence electrons. The van der Waals surface area contributed by atoms with Gasteiger partial charge in [0, 0.05) is 37.7 Å². The summed E-state index contributed by atoms with van der Waals surface area (Å²) in [6, 6.07) is 0. The van der Waals surface area contributed by atoms with Crippen molar-refractivity contribution in [1.29, 1.82) is 0 Å². The molecule has 0 aliphatic carbocycles. The zero-order valence-corrected chi connectivity index (χ0v) is 24.5. The maximum absolute atomic E-state index is 13.1. The number of nitrogens with two attached hydrogens (primary N) is 1. The molecule has 1 rings (SSSR count). The molecule has 0 spiro atoms. The number of ether oxygens (including phenoxy) is 2. The number of carbonyl (C=O) groups is 4. The predicted octanol–water partition coefficient (Wildman–Crippen LogP) is 2.20. The smallest absolute Gasteiger partial charge is 0.338 e. The number of hydrogen-bond acceptors (Lipinski definition) is 12. The summed E-state index contributed by atoms with van der Waals surface area (Å²) in [5, 5.41) is 5.16. The molecule has 4 N–H and O–H groups in total. The molecule has 0 radical (unpaired) electrons. The van der Waals surface area contributed by atoms with Crippen LogP contribution in [0.15, 0.2) is 6.20 Å². The van der Waals surface area contributed by atoms with Gasteiger partial charge in [-0.3, -0.25) is 32.8 Å². The lowest BCUT2D eigenvalue weighted by Crippen LogP contribution is -2.30. The highest BCUT2D eigenvalue weighted by molar-refractivity contribution is 7.53. The molecule has 1 aromatic heterocycles. The van der Waals surface area contributed by atoms with Gasteiger partial charge in [-0.1, -0.05) is 0 Å². The molecule has 0 bridgehead atoms. The Morgan fingerprint density at radius 2 is 1.38 bits per heavy atom. The van der Waals surface area contributed by atoms with Gasteiger partial charge < -0.3 is 25.8 Å². The van der Waals surface area contributed by atoms with Gasteiger partial charge in [0.2, 0.25) is 25.4 Å². The third-order valence-electron chi connectivity index (χ3n) is 4.89. The van der Waals surface area contributed by atoms with E-state index in [0.717, 1.165) is 0 Å². The molecule has 0 saturated heterocycles. The molecule has 15 heteroatoms. The van der Waals surface area contributed by atoms with Gasteiger partial charge in [-0.25, -0.2) is 9.97 Å². The maximum atomic E-state index is 13.1. The third-order valence-corrected chi connectivity index (χ3v) is 6.65. The Morgan fingerprint density at radius 1 is 0.897 bits per heavy atom. The molecule has 1 heterocycles. The van der Waals surface area contributed by atoms with Crippen LogP contribution in [0.4, 0.5) is 5.82 Å². The number of aromatic nitrogens is 2. The van der Waals surface area contributed by atoms with Crippen LogP contribution in [0.3, 0.4) is 0 Å². The maximum Gasteiger partial charge on any atom is 0.338 e. The van der Waals surface area contributed by atoms with E-state index in [1.165, 1.54) is 6.20 Å². The van der Waals surface area contributed by atoms with E-state index in [1.54, 1.807) is 48.5 Å². The lowest BCUT2D eigenvalue weighted by Gasteiger charge is -2.22. The van der Waals surface area contributed by atoms with Gasteiger partial charge in [0.25, 0.3) is 0 Å². The SMILES string of the molecule is Cc1ncc(CNC(=O)CCC(=O)NCCP(=O)(OCOC(=O)C(C)(C)C)OCOC(=O)C(C)(C)C)c(N)n1. The summed E-state index contributed by atoms with van der Waals surface area (Å²) < 4.78 is 33.5. The lowest BCUT2D eigenvalue weighted by atomic mass is 9.98. The van der Waals surface area contributed by atoms with Crippen LogP contribution in [0, 0.1) is 17.8 Å². The van der Waals surface area contributed by atoms with Crippen LogP contribution in [0.5, 0.6) is 0 Å². The second-order valence-corrected chi connectivity index (χ2v) is 12.8. The number of carbonyl (C=O) groups excluding carboxylic acids is 4. The van der Waals surface area contributed by atoms with Crippen molar-refractivity contribution < 1.29 is 42.3 Å². The predicted molar refractivity (Wildman–Crippen MR) is 141 cm³/mol. The molecule has 2 amide bonds. The summed E-state index contributed by atoms with van der Waals surface area (Å²) in [6.07, 6.45) is 0.970. The van der Waals surface area contributed by atoms with E-state index in [-0.39, 0.29) is 43.8 Å². The number of hydrogen-bond donors (Lipinski definition) is 3. The van der Waals surface area contributed by atoms with E-state index >= 15 is 0 Å². The summed E-state index contributed by atoms with van der Waals surface area (Å²) in [7, 11) is -3.96. The van der Waals surface area contributed by atoms with Crippen molar-refractivity contribution in [1.82, 2.24) is 20.6 Å². The second kappa shape index (κ2) is 14.9. The monoisotopic (exact) mass is 573 g/mol. The Morgan fingerprint density at radius 3 is 1.85 bits per heavy atom. The van der Waals surface area contributed by atoms with E-state index in [0.29, 0.717) is 11.4 Å². The average Bonchev–Trinajstić information content (AvgIpc) is 2.80. The number of esters is 2. The summed E-state index contributed by atoms with van der Waals surface area (Å²) in [5.41, 5.74) is 4.72. The van der Waals surface area contributed by atoms with Gasteiger partial charge >= 0.3 is 19.5 Å². The molecule has 0 aromatic carbocycles. The zero-order valence-electron chi connectivity index (χ0n) is 23.6. The third kappa shape index (κ3) is 13.5. The normalized spacial score (nSPS) is 12.0. The van der Waals surface area contributed by atoms with Crippen LogP contribution < -0.4 is 16.4 Å². The topological polar surface area (TPSA) is 198 Å². The fourth-order valence-electron chi connectivity index (χ4n) is 2.50. The summed E-state index contributed by atoms with van der Waals surface area (Å²) in [6.45, 7) is 10.2. The van der Waals surface area contributed by atoms with Gasteiger partial charge in [-0.15, -0.1) is 0 Å². The van der Waals surface area contributed by atoms with Crippen LogP contribution in [0.2, 0.25) is 0 Å². The molecule has 0 aliphatic rings. The van der Waals surface area contributed by atoms with Gasteiger partial charge in [-0.05, 0) is 48.5 Å². The van der Waals surface area contributed by atoms with Crippen LogP contribution >= 0.6 is 7.60 Å². The summed E-state index contributed by atoms with van der Waals surface area (Å²) in [4.78, 5) is 56.2. The molecular formula is C24H40N5O9P. The molecule has 0 atom stereocenters. The molecule has 14 nitrogen and oxygen atoms in total. The number of aryl methyl sites for hydroxylation is 1. The van der Waals surface area contributed by atoms with Crippen LogP contribution in [-0.2, 0) is 48.8 Å². The minimum absolute atomic E-state index is 0.103. The Kier molecular flexibility index (Phi) is 13.0. The Bertz CT molecular complexity index is 1030. The fraction of sp³-hybridized carbons (Fsp3) is 0.667. The average molecular weight is 574 g/mol. The first-order valence-corrected chi connectivity index (χ1v) is 14.0. The van der Waals surface area contributed by atoms with Gasteiger partial charge in [-0.2, -0.15) is 0 Å². The molecule has 0 saturated carbocycles. The standard InChI is InChI=1S/C24H40N5O9P/c1-16-27-12-17(20(25)29-16)13-28-19(31)9-8-18(30)26-10-11-39(34,37-14-35-21(32)23(2,3)4)38-15-36-22(33)24(5,6)7/h12H,8-11,13-15H2,1-7H3,(H,26,30)(H,28,31)(H2,25,27,29). The highest BCUT2D eigenvalue weighted by atomic mass is 31.2. The number of nitrogens with one attached hydrogen (secondary N) is 2. The number of rotatable bonds is 14. The van der Waals surface area contributed by atoms with Gasteiger partial charge in [0.05, 0.1) is 17.0 Å². The van der Waals surface area contributed by atoms with Crippen molar-refractivity contribution in [2.75, 3.05) is 32.0 Å². The number of nitrogen functional groups attached to an aromatic ring is 1. The summed E-state index contributed by atoms with van der Waals surface area (Å²) in [5.74, 6) is -1.26. The first-order valence-electron chi connectivity index (χ1n) is 12.3. The van der Waals surface area contributed by atoms with Crippen LogP contribution in [-0.4, -0.2) is 60.0 Å². The minimum Gasteiger partial charge on any atom is -0.438 e. The van der Waals surface area contributed by atoms with Crippen LogP contribution in [0.1, 0.15) is 65.8 Å². The fourth-order valence-corrected chi connectivity index (χ4v) is 3.64. The van der Waals surface area contributed by atoms with Crippen molar-refractivity contribution in [2.45, 2.75) is 67.9 Å². The number of amides is 2. The van der Waals surface area contributed by atoms with E-state index in [1.807, 2.05) is 0 Å². The quantitative estimate of drug-likeness (QED) is 0.167. The van der Waals surface area contributed by atoms with Crippen molar-refractivity contribution >= 4 is 37.2 Å². The van der Waals surface area contributed by atoms with Crippen molar-refractivity contribution in [3.05, 3.63) is 17.6 Å². The molecule has 1 aromatic rings. The van der Waals surface area contributed by atoms with Crippen molar-refractivity contribution in [3.8, 4) is 0 Å². The van der Waals surface area contributed by atoms with E-state index < -0.39 is 49.9 Å². The highest BCUT2D eigenvalue weighted by Gasteiger charge is 2.30. The number of nitrogens with zero attached hydrogens (tertiary/aromatic N) is 2. The zero-order chi connectivity index (χ0) is 29.9. The number of anilines is 1. The molecule has 0 fully saturated rings. The first kappa shape index (κ1) is 33.9. The first-order chi connectivity index (χ1) is 17.9. The Balaban J connectivity index is 2.54. The minimum atomic E-state index is -3.96. The van der Waals surface area contributed by atoms with Crippen LogP contribution in [0.25, 0.3) is 0 Å². The Labute approximate surface area is 228 Å². The molecule has 0 unspecified atom stereocenters. The van der Waals surface area contributed by atoms with E-state index in [9.17, 15) is 23.7 Å². The molecular weight excluding hydrogens is 533 g/mol. The molecule has 0 aliphatic heterocycles. The van der Waals surface area contributed by atoms with Crippen molar-refractivity contribution in [2.24, 2.45) is 10.8 Å². The Hall–Kier alpha value is -3.09. The van der Waals surface area contributed by atoms with E-state index in [2.05, 4.69) is 20.6 Å². The second-order valence-electron chi connectivity index (χ2n) is 10.6. The van der Waals surface area contributed by atoms with Gasteiger partial charge in [0.15, 0.2) is 0 Å². The summed E-state index contributed by atoms with van der Waals surface area (Å²) >= 11 is 0.